The molecule has 3 heteroatoms. The van der Waals surface area contributed by atoms with Crippen LogP contribution in [0.25, 0.3) is 0 Å². The monoisotopic (exact) mass is 280 g/mol. The minimum absolute atomic E-state index is 0.162. The van der Waals surface area contributed by atoms with E-state index in [4.69, 9.17) is 4.98 Å². The molecule has 1 saturated carbocycles. The van der Waals surface area contributed by atoms with Crippen LogP contribution in [-0.2, 0) is 5.41 Å². The second kappa shape index (κ2) is 5.53. The lowest BCUT2D eigenvalue weighted by atomic mass is 9.98. The molecule has 19 heavy (non-hydrogen) atoms. The number of thiazole rings is 1. The molecule has 0 radical (unpaired) electrons. The van der Waals surface area contributed by atoms with E-state index in [1.807, 2.05) is 11.3 Å². The van der Waals surface area contributed by atoms with Crippen LogP contribution in [0.5, 0.6) is 0 Å². The van der Waals surface area contributed by atoms with E-state index in [0.717, 1.165) is 5.92 Å². The Balaban J connectivity index is 2.07. The molecule has 0 saturated heterocycles. The highest BCUT2D eigenvalue weighted by atomic mass is 32.1. The minimum Gasteiger partial charge on any atom is -0.307 e. The molecule has 0 spiro atoms. The topological polar surface area (TPSA) is 24.9 Å². The van der Waals surface area contributed by atoms with E-state index in [9.17, 15) is 0 Å². The van der Waals surface area contributed by atoms with Crippen LogP contribution in [0.3, 0.4) is 0 Å². The second-order valence-corrected chi connectivity index (χ2v) is 8.25. The van der Waals surface area contributed by atoms with Crippen LogP contribution in [0, 0.1) is 12.8 Å². The van der Waals surface area contributed by atoms with Crippen molar-refractivity contribution in [2.75, 3.05) is 0 Å². The van der Waals surface area contributed by atoms with Crippen molar-refractivity contribution in [3.63, 3.8) is 0 Å². The van der Waals surface area contributed by atoms with Gasteiger partial charge >= 0.3 is 0 Å². The van der Waals surface area contributed by atoms with Gasteiger partial charge in [-0.05, 0) is 39.0 Å². The van der Waals surface area contributed by atoms with Gasteiger partial charge in [-0.2, -0.15) is 0 Å². The highest BCUT2D eigenvalue weighted by Gasteiger charge is 2.26. The zero-order valence-corrected chi connectivity index (χ0v) is 14.0. The third kappa shape index (κ3) is 3.57. The molecule has 108 valence electrons. The van der Waals surface area contributed by atoms with Gasteiger partial charge in [-0.15, -0.1) is 11.3 Å². The molecule has 1 aromatic heterocycles. The Labute approximate surface area is 122 Å². The molecule has 1 N–H and O–H groups in total. The fourth-order valence-electron chi connectivity index (χ4n) is 2.92. The lowest BCUT2D eigenvalue weighted by Gasteiger charge is -2.19. The molecule has 3 unspecified atom stereocenters. The van der Waals surface area contributed by atoms with Crippen LogP contribution in [0.2, 0.25) is 0 Å². The molecule has 2 rings (SSSR count). The average Bonchev–Trinajstić information content (AvgIpc) is 2.84. The molecule has 3 atom stereocenters. The highest BCUT2D eigenvalue weighted by Crippen LogP contribution is 2.34. The maximum atomic E-state index is 4.77. The van der Waals surface area contributed by atoms with Gasteiger partial charge in [0, 0.05) is 22.4 Å². The largest absolute Gasteiger partial charge is 0.307 e. The summed E-state index contributed by atoms with van der Waals surface area (Å²) in [5.74, 6) is 0.886. The summed E-state index contributed by atoms with van der Waals surface area (Å²) in [6.07, 6.45) is 4.03. The molecular formula is C16H28N2S. The van der Waals surface area contributed by atoms with Crippen LogP contribution >= 0.6 is 11.3 Å². The van der Waals surface area contributed by atoms with Gasteiger partial charge in [0.15, 0.2) is 0 Å². The molecule has 0 aliphatic heterocycles. The molecule has 2 nitrogen and oxygen atoms in total. The average molecular weight is 280 g/mol. The van der Waals surface area contributed by atoms with Gasteiger partial charge in [0.05, 0.1) is 10.7 Å². The zero-order chi connectivity index (χ0) is 14.2. The van der Waals surface area contributed by atoms with E-state index in [0.29, 0.717) is 12.1 Å². The quantitative estimate of drug-likeness (QED) is 0.876. The van der Waals surface area contributed by atoms with Crippen LogP contribution in [0.1, 0.15) is 75.5 Å². The standard InChI is InChI=1S/C16H28N2S/c1-10-7-8-13(9-10)17-11(2)14-12(3)18-15(19-14)16(4,5)6/h10-11,13,17H,7-9H2,1-6H3. The molecule has 1 aliphatic carbocycles. The van der Waals surface area contributed by atoms with Crippen LogP contribution < -0.4 is 5.32 Å². The van der Waals surface area contributed by atoms with Crippen LogP contribution in [-0.4, -0.2) is 11.0 Å². The summed E-state index contributed by atoms with van der Waals surface area (Å²) in [5, 5.41) is 5.06. The van der Waals surface area contributed by atoms with Gasteiger partial charge in [0.2, 0.25) is 0 Å². The number of aromatic nitrogens is 1. The fraction of sp³-hybridized carbons (Fsp3) is 0.812. The Bertz CT molecular complexity index is 430. The summed E-state index contributed by atoms with van der Waals surface area (Å²) < 4.78 is 0. The van der Waals surface area contributed by atoms with Crippen molar-refractivity contribution >= 4 is 11.3 Å². The van der Waals surface area contributed by atoms with E-state index >= 15 is 0 Å². The molecule has 0 bridgehead atoms. The first-order chi connectivity index (χ1) is 8.77. The lowest BCUT2D eigenvalue weighted by molar-refractivity contribution is 0.451. The van der Waals surface area contributed by atoms with E-state index in [1.54, 1.807) is 0 Å². The van der Waals surface area contributed by atoms with Gasteiger partial charge in [0.1, 0.15) is 0 Å². The zero-order valence-electron chi connectivity index (χ0n) is 13.2. The molecular weight excluding hydrogens is 252 g/mol. The molecule has 0 amide bonds. The fourth-order valence-corrected chi connectivity index (χ4v) is 4.05. The van der Waals surface area contributed by atoms with Crippen molar-refractivity contribution in [3.8, 4) is 0 Å². The summed E-state index contributed by atoms with van der Waals surface area (Å²) in [7, 11) is 0. The first-order valence-corrected chi connectivity index (χ1v) is 8.33. The van der Waals surface area contributed by atoms with Gasteiger partial charge in [0.25, 0.3) is 0 Å². The van der Waals surface area contributed by atoms with E-state index in [2.05, 4.69) is 46.9 Å². The summed E-state index contributed by atoms with van der Waals surface area (Å²) >= 11 is 1.89. The van der Waals surface area contributed by atoms with Crippen molar-refractivity contribution in [3.05, 3.63) is 15.6 Å². The Hall–Kier alpha value is -0.410. The van der Waals surface area contributed by atoms with Crippen LogP contribution in [0.15, 0.2) is 0 Å². The maximum absolute atomic E-state index is 4.77. The van der Waals surface area contributed by atoms with E-state index in [-0.39, 0.29) is 5.41 Å². The Kier molecular flexibility index (Phi) is 4.36. The predicted molar refractivity (Wildman–Crippen MR) is 83.9 cm³/mol. The van der Waals surface area contributed by atoms with Crippen molar-refractivity contribution in [1.29, 1.82) is 0 Å². The van der Waals surface area contributed by atoms with E-state index in [1.165, 1.54) is 34.8 Å². The van der Waals surface area contributed by atoms with Crippen molar-refractivity contribution in [1.82, 2.24) is 10.3 Å². The number of nitrogens with one attached hydrogen (secondary N) is 1. The van der Waals surface area contributed by atoms with Crippen molar-refractivity contribution in [2.24, 2.45) is 5.92 Å². The van der Waals surface area contributed by atoms with Gasteiger partial charge < -0.3 is 5.32 Å². The second-order valence-electron chi connectivity index (χ2n) is 7.22. The Morgan fingerprint density at radius 2 is 2.00 bits per heavy atom. The third-order valence-electron chi connectivity index (χ3n) is 4.05. The summed E-state index contributed by atoms with van der Waals surface area (Å²) in [6.45, 7) is 13.5. The van der Waals surface area contributed by atoms with Gasteiger partial charge in [-0.1, -0.05) is 27.7 Å². The van der Waals surface area contributed by atoms with Crippen molar-refractivity contribution in [2.45, 2.75) is 78.3 Å². The smallest absolute Gasteiger partial charge is 0.0985 e. The van der Waals surface area contributed by atoms with E-state index < -0.39 is 0 Å². The molecule has 0 aromatic carbocycles. The number of hydrogen-bond donors (Lipinski definition) is 1. The summed E-state index contributed by atoms with van der Waals surface area (Å²) in [4.78, 5) is 6.19. The number of rotatable bonds is 3. The minimum atomic E-state index is 0.162. The summed E-state index contributed by atoms with van der Waals surface area (Å²) in [5.41, 5.74) is 1.37. The Morgan fingerprint density at radius 3 is 2.47 bits per heavy atom. The maximum Gasteiger partial charge on any atom is 0.0985 e. The van der Waals surface area contributed by atoms with Gasteiger partial charge in [-0.3, -0.25) is 0 Å². The molecule has 1 aliphatic rings. The lowest BCUT2D eigenvalue weighted by Crippen LogP contribution is -2.29. The predicted octanol–water partition coefficient (Wildman–Crippen LogP) is 4.59. The number of nitrogens with zero attached hydrogens (tertiary/aromatic N) is 1. The molecule has 1 fully saturated rings. The SMILES string of the molecule is Cc1nc(C(C)(C)C)sc1C(C)NC1CCC(C)C1. The third-order valence-corrected chi connectivity index (χ3v) is 5.81. The van der Waals surface area contributed by atoms with Crippen molar-refractivity contribution < 1.29 is 0 Å². The first kappa shape index (κ1) is 15.0. The number of aryl methyl sites for hydroxylation is 1. The molecule has 1 heterocycles. The normalized spacial score (nSPS) is 25.8. The molecule has 1 aromatic rings. The number of hydrogen-bond acceptors (Lipinski definition) is 3. The van der Waals surface area contributed by atoms with Crippen LogP contribution in [0.4, 0.5) is 0 Å². The summed E-state index contributed by atoms with van der Waals surface area (Å²) in [6, 6.07) is 1.13. The Morgan fingerprint density at radius 1 is 1.32 bits per heavy atom. The first-order valence-electron chi connectivity index (χ1n) is 7.51. The highest BCUT2D eigenvalue weighted by molar-refractivity contribution is 7.12. The van der Waals surface area contributed by atoms with Gasteiger partial charge in [-0.25, -0.2) is 4.98 Å².